The quantitative estimate of drug-likeness (QED) is 0.377. The molecule has 2 N–H and O–H groups in total. The summed E-state index contributed by atoms with van der Waals surface area (Å²) in [5.74, 6) is -2.11. The molecular weight excluding hydrogens is 500 g/mol. The predicted octanol–water partition coefficient (Wildman–Crippen LogP) is 6.93. The molecule has 3 aromatic carbocycles. The van der Waals surface area contributed by atoms with Crippen LogP contribution in [0, 0.1) is 25.5 Å². The molecule has 0 aliphatic heterocycles. The number of imide groups is 1. The Hall–Kier alpha value is -3.65. The van der Waals surface area contributed by atoms with Gasteiger partial charge in [-0.05, 0) is 86.6 Å². The number of rotatable bonds is 5. The largest absolute Gasteiger partial charge is 0.455 e. The normalized spacial score (nSPS) is 12.5. The van der Waals surface area contributed by atoms with Crippen molar-refractivity contribution in [2.45, 2.75) is 39.5 Å². The van der Waals surface area contributed by atoms with Gasteiger partial charge in [-0.15, -0.1) is 0 Å². The molecule has 194 valence electrons. The van der Waals surface area contributed by atoms with Gasteiger partial charge in [-0.2, -0.15) is 0 Å². The summed E-state index contributed by atoms with van der Waals surface area (Å²) in [6, 6.07) is 7.73. The molecule has 0 unspecified atom stereocenters. The molecule has 37 heavy (non-hydrogen) atoms. The summed E-state index contributed by atoms with van der Waals surface area (Å²) in [6.07, 6.45) is 4.11. The van der Waals surface area contributed by atoms with Crippen molar-refractivity contribution in [3.05, 3.63) is 80.9 Å². The van der Waals surface area contributed by atoms with Gasteiger partial charge in [0.2, 0.25) is 0 Å². The van der Waals surface area contributed by atoms with Crippen LogP contribution in [0.25, 0.3) is 0 Å². The monoisotopic (exact) mass is 527 g/mol. The zero-order chi connectivity index (χ0) is 26.9. The number of anilines is 2. The Balaban J connectivity index is 1.57. The average molecular weight is 528 g/mol. The minimum atomic E-state index is -1.19. The molecule has 0 bridgehead atoms. The molecule has 0 atom stereocenters. The fourth-order valence-electron chi connectivity index (χ4n) is 4.58. The first kappa shape index (κ1) is 26.4. The molecule has 3 amide bonds. The smallest absolute Gasteiger partial charge is 0.326 e. The summed E-state index contributed by atoms with van der Waals surface area (Å²) in [5, 5.41) is 4.79. The lowest BCUT2D eigenvalue weighted by Crippen LogP contribution is -2.35. The minimum absolute atomic E-state index is 0.308. The number of urea groups is 1. The third-order valence-electron chi connectivity index (χ3n) is 6.48. The summed E-state index contributed by atoms with van der Waals surface area (Å²) in [5.41, 5.74) is 4.31. The van der Waals surface area contributed by atoms with Crippen LogP contribution in [0.3, 0.4) is 0 Å². The molecule has 0 saturated heterocycles. The van der Waals surface area contributed by atoms with Gasteiger partial charge >= 0.3 is 6.03 Å². The lowest BCUT2D eigenvalue weighted by atomic mass is 9.89. The third-order valence-corrected chi connectivity index (χ3v) is 6.93. The maximum absolute atomic E-state index is 13.9. The molecule has 9 heteroatoms. The van der Waals surface area contributed by atoms with E-state index in [4.69, 9.17) is 16.3 Å². The van der Waals surface area contributed by atoms with Crippen LogP contribution in [0.15, 0.2) is 36.4 Å². The van der Waals surface area contributed by atoms with Gasteiger partial charge in [0.05, 0.1) is 5.02 Å². The fraction of sp³-hybridized carbons (Fsp3) is 0.286. The van der Waals surface area contributed by atoms with Crippen molar-refractivity contribution in [1.29, 1.82) is 0 Å². The van der Waals surface area contributed by atoms with Crippen molar-refractivity contribution in [2.75, 3.05) is 24.3 Å². The second-order valence-corrected chi connectivity index (χ2v) is 9.64. The first-order valence-corrected chi connectivity index (χ1v) is 12.3. The molecule has 3 aromatic rings. The Morgan fingerprint density at radius 2 is 1.65 bits per heavy atom. The summed E-state index contributed by atoms with van der Waals surface area (Å²) < 4.78 is 34.1. The number of aryl methyl sites for hydroxylation is 1. The van der Waals surface area contributed by atoms with Gasteiger partial charge in [0.15, 0.2) is 0 Å². The number of carbonyl (C=O) groups is 2. The van der Waals surface area contributed by atoms with E-state index in [0.717, 1.165) is 49.6 Å². The van der Waals surface area contributed by atoms with Crippen LogP contribution in [-0.4, -0.2) is 26.0 Å². The lowest BCUT2D eigenvalue weighted by molar-refractivity contribution is 0.0959. The van der Waals surface area contributed by atoms with Gasteiger partial charge < -0.3 is 15.0 Å². The Kier molecular flexibility index (Phi) is 7.68. The minimum Gasteiger partial charge on any atom is -0.455 e. The molecular formula is C28H28ClF2N3O3. The van der Waals surface area contributed by atoms with E-state index >= 15 is 0 Å². The van der Waals surface area contributed by atoms with E-state index in [2.05, 4.69) is 10.2 Å². The molecule has 0 radical (unpaired) electrons. The van der Waals surface area contributed by atoms with Crippen LogP contribution in [0.4, 0.5) is 25.0 Å². The number of carbonyl (C=O) groups excluding carboxylic acids is 2. The van der Waals surface area contributed by atoms with E-state index in [1.54, 1.807) is 19.9 Å². The summed E-state index contributed by atoms with van der Waals surface area (Å²) >= 11 is 6.67. The Labute approximate surface area is 219 Å². The van der Waals surface area contributed by atoms with Crippen LogP contribution < -0.4 is 20.3 Å². The summed E-state index contributed by atoms with van der Waals surface area (Å²) in [7, 11) is 4.05. The molecule has 0 saturated carbocycles. The SMILES string of the molecule is Cc1cc(NC(=O)NC(=O)c2c(F)cccc2F)c(C)c(Cl)c1Oc1ccc(N(C)C)c2c1CCCC2. The Morgan fingerprint density at radius 3 is 2.30 bits per heavy atom. The van der Waals surface area contributed by atoms with E-state index in [-0.39, 0.29) is 0 Å². The Morgan fingerprint density at radius 1 is 1.00 bits per heavy atom. The first-order chi connectivity index (χ1) is 17.6. The van der Waals surface area contributed by atoms with Crippen LogP contribution in [-0.2, 0) is 12.8 Å². The molecule has 0 aromatic heterocycles. The number of halogens is 3. The van der Waals surface area contributed by atoms with Gasteiger partial charge in [0.1, 0.15) is 28.7 Å². The number of hydrogen-bond acceptors (Lipinski definition) is 4. The number of ether oxygens (including phenoxy) is 1. The van der Waals surface area contributed by atoms with Gasteiger partial charge in [-0.1, -0.05) is 17.7 Å². The summed E-state index contributed by atoms with van der Waals surface area (Å²) in [6.45, 7) is 3.50. The number of hydrogen-bond donors (Lipinski definition) is 2. The standard InChI is InChI=1S/C28H28ClF2N3O3/c1-15-14-21(32-28(36)33-27(35)24-19(30)10-7-11-20(24)31)16(2)25(29)26(15)37-23-13-12-22(34(3)4)17-8-5-6-9-18(17)23/h7,10-14H,5-6,8-9H2,1-4H3,(H2,32,33,35,36). The van der Waals surface area contributed by atoms with Crippen molar-refractivity contribution in [2.24, 2.45) is 0 Å². The predicted molar refractivity (Wildman–Crippen MR) is 141 cm³/mol. The van der Waals surface area contributed by atoms with E-state index in [9.17, 15) is 18.4 Å². The molecule has 1 aliphatic rings. The highest BCUT2D eigenvalue weighted by atomic mass is 35.5. The number of benzene rings is 3. The van der Waals surface area contributed by atoms with Crippen molar-refractivity contribution < 1.29 is 23.1 Å². The van der Waals surface area contributed by atoms with Crippen molar-refractivity contribution >= 4 is 34.9 Å². The molecule has 1 aliphatic carbocycles. The van der Waals surface area contributed by atoms with Gasteiger partial charge in [-0.25, -0.2) is 13.6 Å². The van der Waals surface area contributed by atoms with Crippen LogP contribution in [0.1, 0.15) is 45.5 Å². The average Bonchev–Trinajstić information content (AvgIpc) is 2.84. The van der Waals surface area contributed by atoms with Crippen LogP contribution >= 0.6 is 11.6 Å². The van der Waals surface area contributed by atoms with Crippen molar-refractivity contribution in [1.82, 2.24) is 5.32 Å². The number of nitrogens with one attached hydrogen (secondary N) is 2. The second kappa shape index (κ2) is 10.8. The van der Waals surface area contributed by atoms with Gasteiger partial charge in [0, 0.05) is 31.0 Å². The van der Waals surface area contributed by atoms with E-state index in [1.807, 2.05) is 31.5 Å². The zero-order valence-electron chi connectivity index (χ0n) is 21.1. The van der Waals surface area contributed by atoms with Gasteiger partial charge in [0.25, 0.3) is 5.91 Å². The van der Waals surface area contributed by atoms with Gasteiger partial charge in [-0.3, -0.25) is 10.1 Å². The highest BCUT2D eigenvalue weighted by molar-refractivity contribution is 6.33. The van der Waals surface area contributed by atoms with E-state index in [0.29, 0.717) is 27.6 Å². The summed E-state index contributed by atoms with van der Waals surface area (Å²) in [4.78, 5) is 26.8. The van der Waals surface area contributed by atoms with Crippen molar-refractivity contribution in [3.8, 4) is 11.5 Å². The molecule has 0 heterocycles. The zero-order valence-corrected chi connectivity index (χ0v) is 21.9. The maximum atomic E-state index is 13.9. The van der Waals surface area contributed by atoms with E-state index in [1.165, 1.54) is 16.8 Å². The maximum Gasteiger partial charge on any atom is 0.326 e. The molecule has 6 nitrogen and oxygen atoms in total. The first-order valence-electron chi connectivity index (χ1n) is 11.9. The van der Waals surface area contributed by atoms with Crippen LogP contribution in [0.2, 0.25) is 5.02 Å². The number of fused-ring (bicyclic) bond motifs is 1. The fourth-order valence-corrected chi connectivity index (χ4v) is 4.87. The lowest BCUT2D eigenvalue weighted by Gasteiger charge is -2.26. The molecule has 4 rings (SSSR count). The third kappa shape index (κ3) is 5.39. The van der Waals surface area contributed by atoms with E-state index < -0.39 is 29.1 Å². The molecule has 0 fully saturated rings. The Bertz CT molecular complexity index is 1370. The van der Waals surface area contributed by atoms with Crippen LogP contribution in [0.5, 0.6) is 11.5 Å². The second-order valence-electron chi connectivity index (χ2n) is 9.26. The number of nitrogens with zero attached hydrogens (tertiary/aromatic N) is 1. The van der Waals surface area contributed by atoms with Crippen molar-refractivity contribution in [3.63, 3.8) is 0 Å². The molecule has 0 spiro atoms. The highest BCUT2D eigenvalue weighted by Crippen LogP contribution is 2.43. The highest BCUT2D eigenvalue weighted by Gasteiger charge is 2.23. The topological polar surface area (TPSA) is 70.7 Å². The number of amides is 3.